The van der Waals surface area contributed by atoms with E-state index in [1.807, 2.05) is 18.2 Å². The van der Waals surface area contributed by atoms with Gasteiger partial charge in [-0.1, -0.05) is 30.3 Å². The molecule has 0 amide bonds. The smallest absolute Gasteiger partial charge is 0.320 e. The fourth-order valence-electron chi connectivity index (χ4n) is 3.88. The van der Waals surface area contributed by atoms with Gasteiger partial charge < -0.3 is 4.74 Å². The lowest BCUT2D eigenvalue weighted by Crippen LogP contribution is -2.58. The second-order valence-corrected chi connectivity index (χ2v) is 6.23. The molecule has 0 N–H and O–H groups in total. The molecule has 3 atom stereocenters. The number of hydrogen-bond donors (Lipinski definition) is 0. The van der Waals surface area contributed by atoms with Gasteiger partial charge >= 0.3 is 5.97 Å². The number of carbonyl (C=O) groups excluding carboxylic acids is 2. The predicted octanol–water partition coefficient (Wildman–Crippen LogP) is 2.17. The highest BCUT2D eigenvalue weighted by Crippen LogP contribution is 2.45. The Morgan fingerprint density at radius 1 is 1.33 bits per heavy atom. The molecule has 0 radical (unpaired) electrons. The number of methoxy groups -OCH3 is 1. The average Bonchev–Trinajstić information content (AvgIpc) is 2.83. The minimum absolute atomic E-state index is 0.0335. The quantitative estimate of drug-likeness (QED) is 0.631. The highest BCUT2D eigenvalue weighted by atomic mass is 16.5. The van der Waals surface area contributed by atoms with Gasteiger partial charge in [0.1, 0.15) is 5.41 Å². The largest absolute Gasteiger partial charge is 0.468 e. The van der Waals surface area contributed by atoms with E-state index < -0.39 is 11.4 Å². The number of Topliss-reactive ketones (excluding diaryl/α,β-unsaturated/α-hetero) is 1. The van der Waals surface area contributed by atoms with Crippen LogP contribution < -0.4 is 0 Å². The number of carbonyl (C=O) groups is 2. The van der Waals surface area contributed by atoms with Gasteiger partial charge in [-0.3, -0.25) is 14.5 Å². The molecule has 0 spiro atoms. The molecule has 2 aliphatic rings. The predicted molar refractivity (Wildman–Crippen MR) is 78.5 cm³/mol. The number of ether oxygens (including phenoxy) is 1. The fraction of sp³-hybridized carbons (Fsp3) is 0.529. The van der Waals surface area contributed by atoms with Crippen molar-refractivity contribution in [1.29, 1.82) is 0 Å². The summed E-state index contributed by atoms with van der Waals surface area (Å²) in [5.74, 6) is -0.359. The van der Waals surface area contributed by atoms with E-state index in [1.165, 1.54) is 12.7 Å². The monoisotopic (exact) mass is 287 g/mol. The van der Waals surface area contributed by atoms with Crippen molar-refractivity contribution in [2.45, 2.75) is 44.8 Å². The van der Waals surface area contributed by atoms with Crippen molar-refractivity contribution in [3.8, 4) is 0 Å². The summed E-state index contributed by atoms with van der Waals surface area (Å²) in [7, 11) is 1.36. The SMILES string of the molecule is COC(=O)C1(C)C(=O)CC2CCC1N2Cc1ccccc1. The van der Waals surface area contributed by atoms with Crippen LogP contribution >= 0.6 is 0 Å². The molecular weight excluding hydrogens is 266 g/mol. The van der Waals surface area contributed by atoms with Gasteiger partial charge in [0.05, 0.1) is 7.11 Å². The standard InChI is InChI=1S/C17H21NO3/c1-17(16(20)21-2)14-9-8-13(10-15(17)19)18(14)11-12-6-4-3-5-7-12/h3-7,13-14H,8-11H2,1-2H3. The summed E-state index contributed by atoms with van der Waals surface area (Å²) in [5.41, 5.74) is 0.201. The average molecular weight is 287 g/mol. The summed E-state index contributed by atoms with van der Waals surface area (Å²) >= 11 is 0. The summed E-state index contributed by atoms with van der Waals surface area (Å²) in [6.45, 7) is 2.54. The van der Waals surface area contributed by atoms with Gasteiger partial charge in [-0.2, -0.15) is 0 Å². The van der Waals surface area contributed by atoms with Crippen LogP contribution in [0.1, 0.15) is 31.7 Å². The molecule has 0 aromatic heterocycles. The van der Waals surface area contributed by atoms with Crippen molar-refractivity contribution in [1.82, 2.24) is 4.90 Å². The van der Waals surface area contributed by atoms with Crippen LogP contribution in [0, 0.1) is 5.41 Å². The van der Waals surface area contributed by atoms with Crippen LogP contribution in [0.2, 0.25) is 0 Å². The third-order valence-electron chi connectivity index (χ3n) is 5.13. The molecule has 3 unspecified atom stereocenters. The first-order chi connectivity index (χ1) is 10.1. The molecule has 3 rings (SSSR count). The first-order valence-corrected chi connectivity index (χ1v) is 7.48. The number of piperidine rings is 1. The van der Waals surface area contributed by atoms with E-state index in [1.54, 1.807) is 6.92 Å². The maximum atomic E-state index is 12.4. The van der Waals surface area contributed by atoms with Crippen molar-refractivity contribution in [3.05, 3.63) is 35.9 Å². The Hall–Kier alpha value is -1.68. The number of benzene rings is 1. The Kier molecular flexibility index (Phi) is 3.57. The minimum Gasteiger partial charge on any atom is -0.468 e. The Morgan fingerprint density at radius 2 is 2.05 bits per heavy atom. The van der Waals surface area contributed by atoms with E-state index in [-0.39, 0.29) is 17.9 Å². The normalized spacial score (nSPS) is 32.2. The molecular formula is C17H21NO3. The maximum Gasteiger partial charge on any atom is 0.320 e. The van der Waals surface area contributed by atoms with Gasteiger partial charge in [0.25, 0.3) is 0 Å². The third kappa shape index (κ3) is 2.18. The van der Waals surface area contributed by atoms with Gasteiger partial charge in [0.2, 0.25) is 0 Å². The molecule has 2 bridgehead atoms. The first kappa shape index (κ1) is 14.3. The second kappa shape index (κ2) is 5.26. The molecule has 2 heterocycles. The Morgan fingerprint density at radius 3 is 2.71 bits per heavy atom. The molecule has 4 heteroatoms. The van der Waals surface area contributed by atoms with Crippen molar-refractivity contribution in [2.75, 3.05) is 7.11 Å². The number of hydrogen-bond acceptors (Lipinski definition) is 4. The van der Waals surface area contributed by atoms with Gasteiger partial charge in [-0.05, 0) is 25.3 Å². The van der Waals surface area contributed by atoms with E-state index in [0.717, 1.165) is 19.4 Å². The lowest BCUT2D eigenvalue weighted by Gasteiger charge is -2.43. The van der Waals surface area contributed by atoms with Gasteiger partial charge in [-0.15, -0.1) is 0 Å². The summed E-state index contributed by atoms with van der Waals surface area (Å²) in [4.78, 5) is 27.0. The molecule has 2 fully saturated rings. The van der Waals surface area contributed by atoms with E-state index in [9.17, 15) is 9.59 Å². The molecule has 4 nitrogen and oxygen atoms in total. The van der Waals surface area contributed by atoms with Crippen molar-refractivity contribution < 1.29 is 14.3 Å². The van der Waals surface area contributed by atoms with Crippen LogP contribution in [0.3, 0.4) is 0 Å². The zero-order chi connectivity index (χ0) is 15.0. The number of nitrogens with zero attached hydrogens (tertiary/aromatic N) is 1. The zero-order valence-corrected chi connectivity index (χ0v) is 12.5. The zero-order valence-electron chi connectivity index (χ0n) is 12.5. The van der Waals surface area contributed by atoms with Gasteiger partial charge in [0.15, 0.2) is 5.78 Å². The lowest BCUT2D eigenvalue weighted by molar-refractivity contribution is -0.165. The number of rotatable bonds is 3. The van der Waals surface area contributed by atoms with Crippen LogP contribution in [0.5, 0.6) is 0 Å². The number of fused-ring (bicyclic) bond motifs is 2. The van der Waals surface area contributed by atoms with Crippen LogP contribution in [-0.4, -0.2) is 35.8 Å². The molecule has 1 aromatic rings. The fourth-order valence-corrected chi connectivity index (χ4v) is 3.88. The van der Waals surface area contributed by atoms with Gasteiger partial charge in [-0.25, -0.2) is 0 Å². The van der Waals surface area contributed by atoms with E-state index in [4.69, 9.17) is 4.74 Å². The molecule has 2 aliphatic heterocycles. The summed E-state index contributed by atoms with van der Waals surface area (Å²) in [5, 5.41) is 0. The molecule has 0 saturated carbocycles. The molecule has 112 valence electrons. The number of ketones is 1. The van der Waals surface area contributed by atoms with Crippen molar-refractivity contribution in [2.24, 2.45) is 5.41 Å². The lowest BCUT2D eigenvalue weighted by atomic mass is 9.74. The molecule has 21 heavy (non-hydrogen) atoms. The Bertz CT molecular complexity index is 556. The topological polar surface area (TPSA) is 46.6 Å². The Labute approximate surface area is 125 Å². The van der Waals surface area contributed by atoms with Crippen LogP contribution in [0.25, 0.3) is 0 Å². The summed E-state index contributed by atoms with van der Waals surface area (Å²) < 4.78 is 4.93. The third-order valence-corrected chi connectivity index (χ3v) is 5.13. The first-order valence-electron chi connectivity index (χ1n) is 7.48. The van der Waals surface area contributed by atoms with Gasteiger partial charge in [0, 0.05) is 25.0 Å². The van der Waals surface area contributed by atoms with E-state index in [0.29, 0.717) is 6.42 Å². The summed E-state index contributed by atoms with van der Waals surface area (Å²) in [6, 6.07) is 10.4. The summed E-state index contributed by atoms with van der Waals surface area (Å²) in [6.07, 6.45) is 2.32. The van der Waals surface area contributed by atoms with Crippen molar-refractivity contribution >= 4 is 11.8 Å². The number of esters is 1. The molecule has 1 aromatic carbocycles. The van der Waals surface area contributed by atoms with Crippen LogP contribution in [0.4, 0.5) is 0 Å². The van der Waals surface area contributed by atoms with Crippen LogP contribution in [-0.2, 0) is 20.9 Å². The Balaban J connectivity index is 1.90. The van der Waals surface area contributed by atoms with E-state index >= 15 is 0 Å². The molecule has 2 saturated heterocycles. The highest BCUT2D eigenvalue weighted by molar-refractivity contribution is 6.05. The molecule has 0 aliphatic carbocycles. The van der Waals surface area contributed by atoms with Crippen LogP contribution in [0.15, 0.2) is 30.3 Å². The maximum absolute atomic E-state index is 12.4. The minimum atomic E-state index is -1.02. The highest BCUT2D eigenvalue weighted by Gasteiger charge is 2.58. The second-order valence-electron chi connectivity index (χ2n) is 6.23. The van der Waals surface area contributed by atoms with Crippen molar-refractivity contribution in [3.63, 3.8) is 0 Å². The van der Waals surface area contributed by atoms with E-state index in [2.05, 4.69) is 17.0 Å².